The molecular weight excluding hydrogens is 488 g/mol. The highest BCUT2D eigenvalue weighted by molar-refractivity contribution is 6.08. The molecule has 8 heteroatoms. The van der Waals surface area contributed by atoms with E-state index in [2.05, 4.69) is 0 Å². The second kappa shape index (κ2) is 8.33. The van der Waals surface area contributed by atoms with Gasteiger partial charge in [0, 0.05) is 17.2 Å². The zero-order chi connectivity index (χ0) is 25.8. The summed E-state index contributed by atoms with van der Waals surface area (Å²) in [6.07, 6.45) is -5.93. The van der Waals surface area contributed by atoms with Crippen molar-refractivity contribution in [3.05, 3.63) is 108 Å². The molecule has 0 nitrogen and oxygen atoms in total. The highest BCUT2D eigenvalue weighted by Gasteiger charge is 2.59. The normalized spacial score (nSPS) is 12.4. The van der Waals surface area contributed by atoms with Gasteiger partial charge >= 0.3 is 12.1 Å². The van der Waals surface area contributed by atoms with E-state index in [9.17, 15) is 35.1 Å². The summed E-state index contributed by atoms with van der Waals surface area (Å²) in [5, 5.41) is 1.68. The van der Waals surface area contributed by atoms with Crippen molar-refractivity contribution in [2.75, 3.05) is 0 Å². The summed E-state index contributed by atoms with van der Waals surface area (Å²) in [6.45, 7) is 0. The topological polar surface area (TPSA) is 0 Å². The summed E-state index contributed by atoms with van der Waals surface area (Å²) in [4.78, 5) is 0. The number of halogens is 8. The van der Waals surface area contributed by atoms with Crippen molar-refractivity contribution in [2.24, 2.45) is 0 Å². The van der Waals surface area contributed by atoms with E-state index >= 15 is 0 Å². The summed E-state index contributed by atoms with van der Waals surface area (Å²) in [7, 11) is 0. The number of rotatable bonds is 3. The molecule has 5 aromatic rings. The van der Waals surface area contributed by atoms with Crippen molar-refractivity contribution < 1.29 is 35.1 Å². The van der Waals surface area contributed by atoms with E-state index in [0.29, 0.717) is 29.0 Å². The van der Waals surface area contributed by atoms with Gasteiger partial charge in [-0.2, -0.15) is 22.0 Å². The van der Waals surface area contributed by atoms with E-state index < -0.39 is 46.2 Å². The molecule has 0 bridgehead atoms. The fraction of sp³-hybridized carbons (Fsp3) is 0.0714. The van der Waals surface area contributed by atoms with Crippen LogP contribution >= 0.6 is 0 Å². The fourth-order valence-corrected chi connectivity index (χ4v) is 4.41. The summed E-state index contributed by atoms with van der Waals surface area (Å²) in [6, 6.07) is 17.9. The van der Waals surface area contributed by atoms with E-state index in [1.807, 2.05) is 0 Å². The first-order chi connectivity index (χ1) is 17.0. The predicted molar refractivity (Wildman–Crippen MR) is 122 cm³/mol. The van der Waals surface area contributed by atoms with Crippen LogP contribution in [0.4, 0.5) is 35.1 Å². The second-order valence-electron chi connectivity index (χ2n) is 8.28. The van der Waals surface area contributed by atoms with Gasteiger partial charge in [0.15, 0.2) is 11.6 Å². The molecule has 0 saturated heterocycles. The second-order valence-corrected chi connectivity index (χ2v) is 8.28. The zero-order valence-corrected chi connectivity index (χ0v) is 18.1. The minimum atomic E-state index is -5.93. The highest BCUT2D eigenvalue weighted by atomic mass is 19.4. The average Bonchev–Trinajstić information content (AvgIpc) is 2.83. The van der Waals surface area contributed by atoms with Crippen molar-refractivity contribution in [1.29, 1.82) is 0 Å². The minimum absolute atomic E-state index is 0.0415. The number of hydrogen-bond donors (Lipinski definition) is 0. The van der Waals surface area contributed by atoms with Crippen LogP contribution in [0.1, 0.15) is 5.56 Å². The third-order valence-electron chi connectivity index (χ3n) is 6.06. The average molecular weight is 502 g/mol. The minimum Gasteiger partial charge on any atom is -0.207 e. The SMILES string of the molecule is Fc1cc(F)c(F)c(-c2ccccc2-c2c(C(F)(F)C(F)(F)F)ccc3cc4ccccc4cc23)c1. The van der Waals surface area contributed by atoms with Crippen LogP contribution in [-0.4, -0.2) is 6.18 Å². The molecule has 0 atom stereocenters. The van der Waals surface area contributed by atoms with E-state index in [1.165, 1.54) is 30.3 Å². The van der Waals surface area contributed by atoms with Crippen LogP contribution < -0.4 is 0 Å². The Balaban J connectivity index is 1.95. The van der Waals surface area contributed by atoms with Crippen LogP contribution in [0.25, 0.3) is 43.8 Å². The molecule has 36 heavy (non-hydrogen) atoms. The largest absolute Gasteiger partial charge is 0.458 e. The van der Waals surface area contributed by atoms with Crippen molar-refractivity contribution in [3.8, 4) is 22.3 Å². The van der Waals surface area contributed by atoms with Gasteiger partial charge in [-0.1, -0.05) is 60.7 Å². The monoisotopic (exact) mass is 502 g/mol. The smallest absolute Gasteiger partial charge is 0.207 e. The lowest BCUT2D eigenvalue weighted by atomic mass is 9.85. The molecule has 182 valence electrons. The first kappa shape index (κ1) is 23.8. The van der Waals surface area contributed by atoms with Crippen molar-refractivity contribution in [3.63, 3.8) is 0 Å². The zero-order valence-electron chi connectivity index (χ0n) is 18.1. The Kier molecular flexibility index (Phi) is 5.50. The van der Waals surface area contributed by atoms with Crippen molar-refractivity contribution >= 4 is 21.5 Å². The molecule has 0 aliphatic heterocycles. The van der Waals surface area contributed by atoms with Gasteiger partial charge < -0.3 is 0 Å². The van der Waals surface area contributed by atoms with Crippen LogP contribution in [-0.2, 0) is 5.92 Å². The van der Waals surface area contributed by atoms with Gasteiger partial charge in [-0.25, -0.2) is 13.2 Å². The van der Waals surface area contributed by atoms with Crippen LogP contribution in [0, 0.1) is 17.5 Å². The highest BCUT2D eigenvalue weighted by Crippen LogP contribution is 2.50. The molecule has 5 aromatic carbocycles. The lowest BCUT2D eigenvalue weighted by Crippen LogP contribution is -2.34. The Morgan fingerprint density at radius 3 is 1.81 bits per heavy atom. The predicted octanol–water partition coefficient (Wildman–Crippen LogP) is 9.40. The van der Waals surface area contributed by atoms with E-state index in [1.54, 1.807) is 30.3 Å². The standard InChI is InChI=1S/C28H14F8/c29-18-13-22(26(31)24(30)14-18)19-7-3-4-8-20(19)25-21-12-16-6-2-1-5-15(16)11-17(21)9-10-23(25)27(32,33)28(34,35)36/h1-14H. The molecule has 0 heterocycles. The van der Waals surface area contributed by atoms with Crippen LogP contribution in [0.5, 0.6) is 0 Å². The van der Waals surface area contributed by atoms with Gasteiger partial charge in [0.05, 0.1) is 0 Å². The number of benzene rings is 5. The number of fused-ring (bicyclic) bond motifs is 2. The first-order valence-electron chi connectivity index (χ1n) is 10.6. The molecule has 5 rings (SSSR count). The summed E-state index contributed by atoms with van der Waals surface area (Å²) >= 11 is 0. The third-order valence-corrected chi connectivity index (χ3v) is 6.06. The van der Waals surface area contributed by atoms with Crippen molar-refractivity contribution in [2.45, 2.75) is 12.1 Å². The molecule has 0 saturated carbocycles. The van der Waals surface area contributed by atoms with Crippen LogP contribution in [0.2, 0.25) is 0 Å². The first-order valence-corrected chi connectivity index (χ1v) is 10.6. The van der Waals surface area contributed by atoms with Gasteiger partial charge in [0.25, 0.3) is 0 Å². The molecule has 0 unspecified atom stereocenters. The Morgan fingerprint density at radius 1 is 0.528 bits per heavy atom. The maximum Gasteiger partial charge on any atom is 0.458 e. The van der Waals surface area contributed by atoms with E-state index in [4.69, 9.17) is 0 Å². The molecule has 0 amide bonds. The summed E-state index contributed by atoms with van der Waals surface area (Å²) in [5.74, 6) is -9.40. The van der Waals surface area contributed by atoms with E-state index in [0.717, 1.165) is 11.5 Å². The Hall–Kier alpha value is -3.94. The number of hydrogen-bond acceptors (Lipinski definition) is 0. The van der Waals surface area contributed by atoms with Gasteiger partial charge in [0.2, 0.25) is 0 Å². The maximum atomic E-state index is 14.9. The van der Waals surface area contributed by atoms with Crippen LogP contribution in [0.3, 0.4) is 0 Å². The molecule has 0 aliphatic rings. The molecule has 0 aromatic heterocycles. The summed E-state index contributed by atoms with van der Waals surface area (Å²) in [5.41, 5.74) is -2.96. The molecular formula is C28H14F8. The lowest BCUT2D eigenvalue weighted by Gasteiger charge is -2.25. The maximum absolute atomic E-state index is 14.9. The quantitative estimate of drug-likeness (QED) is 0.131. The third kappa shape index (κ3) is 3.77. The fourth-order valence-electron chi connectivity index (χ4n) is 4.41. The lowest BCUT2D eigenvalue weighted by molar-refractivity contribution is -0.289. The van der Waals surface area contributed by atoms with Gasteiger partial charge in [0.1, 0.15) is 5.82 Å². The van der Waals surface area contributed by atoms with E-state index in [-0.39, 0.29) is 16.5 Å². The van der Waals surface area contributed by atoms with Gasteiger partial charge in [-0.05, 0) is 56.4 Å². The molecule has 0 aliphatic carbocycles. The molecule has 0 fully saturated rings. The molecule has 0 radical (unpaired) electrons. The van der Waals surface area contributed by atoms with Gasteiger partial charge in [-0.15, -0.1) is 0 Å². The van der Waals surface area contributed by atoms with Crippen LogP contribution in [0.15, 0.2) is 84.9 Å². The van der Waals surface area contributed by atoms with Crippen molar-refractivity contribution in [1.82, 2.24) is 0 Å². The Morgan fingerprint density at radius 2 is 1.14 bits per heavy atom. The Bertz CT molecular complexity index is 1630. The summed E-state index contributed by atoms with van der Waals surface area (Å²) < 4.78 is 113. The number of alkyl halides is 5. The molecule has 0 spiro atoms. The Labute approximate surface area is 199 Å². The molecule has 0 N–H and O–H groups in total. The van der Waals surface area contributed by atoms with Gasteiger partial charge in [-0.3, -0.25) is 0 Å².